The van der Waals surface area contributed by atoms with E-state index >= 15 is 0 Å². The Balaban J connectivity index is 1.40. The molecule has 0 saturated carbocycles. The Labute approximate surface area is 119 Å². The fourth-order valence-corrected chi connectivity index (χ4v) is 2.73. The van der Waals surface area contributed by atoms with Gasteiger partial charge in [0, 0.05) is 62.1 Å². The first kappa shape index (κ1) is 13.1. The summed E-state index contributed by atoms with van der Waals surface area (Å²) in [6, 6.07) is 4.81. The molecule has 0 spiro atoms. The number of hydrogen-bond donors (Lipinski definition) is 2. The van der Waals surface area contributed by atoms with Crippen molar-refractivity contribution in [3.8, 4) is 0 Å². The maximum atomic E-state index is 4.07. The second kappa shape index (κ2) is 6.52. The minimum Gasteiger partial charge on any atom is -0.371 e. The average Bonchev–Trinajstić information content (AvgIpc) is 3.02. The smallest absolute Gasteiger partial charge is 0.0921 e. The molecule has 1 fully saturated rings. The first-order chi connectivity index (χ1) is 9.92. The standard InChI is InChI=1S/C15H21N5/c1(14-11-17-12-19-14)8-18-13-4-9-20(10-5-13)15-2-6-16-7-3-15/h2-3,6-7,11-13,18H,1,4-5,8-10H2,(H,17,19). The summed E-state index contributed by atoms with van der Waals surface area (Å²) in [5.41, 5.74) is 2.49. The second-order valence-electron chi connectivity index (χ2n) is 5.25. The van der Waals surface area contributed by atoms with Crippen molar-refractivity contribution >= 4 is 5.69 Å². The zero-order valence-corrected chi connectivity index (χ0v) is 11.6. The van der Waals surface area contributed by atoms with Crippen LogP contribution in [0.15, 0.2) is 37.1 Å². The van der Waals surface area contributed by atoms with Crippen molar-refractivity contribution in [2.75, 3.05) is 24.5 Å². The number of nitrogens with zero attached hydrogens (tertiary/aromatic N) is 3. The molecule has 2 aromatic heterocycles. The van der Waals surface area contributed by atoms with Crippen LogP contribution in [-0.2, 0) is 6.42 Å². The zero-order chi connectivity index (χ0) is 13.6. The molecular formula is C15H21N5. The third-order valence-electron chi connectivity index (χ3n) is 3.91. The largest absolute Gasteiger partial charge is 0.371 e. The Morgan fingerprint density at radius 3 is 2.70 bits per heavy atom. The summed E-state index contributed by atoms with van der Waals surface area (Å²) in [5.74, 6) is 0. The molecule has 20 heavy (non-hydrogen) atoms. The summed E-state index contributed by atoms with van der Waals surface area (Å²) in [6.07, 6.45) is 10.8. The van der Waals surface area contributed by atoms with E-state index in [4.69, 9.17) is 0 Å². The number of nitrogens with one attached hydrogen (secondary N) is 2. The molecule has 3 rings (SSSR count). The van der Waals surface area contributed by atoms with E-state index in [0.717, 1.165) is 26.1 Å². The van der Waals surface area contributed by atoms with Gasteiger partial charge in [-0.15, -0.1) is 0 Å². The minimum atomic E-state index is 0.635. The highest BCUT2D eigenvalue weighted by Crippen LogP contribution is 2.18. The summed E-state index contributed by atoms with van der Waals surface area (Å²) in [6.45, 7) is 3.25. The number of aromatic nitrogens is 3. The number of pyridine rings is 1. The number of anilines is 1. The molecule has 5 nitrogen and oxygen atoms in total. The normalized spacial score (nSPS) is 16.5. The zero-order valence-electron chi connectivity index (χ0n) is 11.6. The number of imidazole rings is 1. The molecule has 0 aromatic carbocycles. The van der Waals surface area contributed by atoms with Crippen LogP contribution in [0, 0.1) is 0 Å². The first-order valence-corrected chi connectivity index (χ1v) is 7.27. The van der Waals surface area contributed by atoms with Gasteiger partial charge in [0.1, 0.15) is 0 Å². The summed E-state index contributed by atoms with van der Waals surface area (Å²) >= 11 is 0. The van der Waals surface area contributed by atoms with E-state index in [2.05, 4.69) is 37.3 Å². The monoisotopic (exact) mass is 271 g/mol. The Morgan fingerprint density at radius 2 is 2.00 bits per heavy atom. The Morgan fingerprint density at radius 1 is 1.20 bits per heavy atom. The molecule has 106 valence electrons. The summed E-state index contributed by atoms with van der Waals surface area (Å²) in [5, 5.41) is 3.65. The predicted molar refractivity (Wildman–Crippen MR) is 79.8 cm³/mol. The van der Waals surface area contributed by atoms with E-state index < -0.39 is 0 Å². The van der Waals surface area contributed by atoms with Crippen molar-refractivity contribution < 1.29 is 0 Å². The molecule has 0 amide bonds. The van der Waals surface area contributed by atoms with Crippen LogP contribution in [-0.4, -0.2) is 40.6 Å². The van der Waals surface area contributed by atoms with Gasteiger partial charge in [0.25, 0.3) is 0 Å². The molecule has 0 bridgehead atoms. The highest BCUT2D eigenvalue weighted by atomic mass is 15.1. The number of piperidine rings is 1. The van der Waals surface area contributed by atoms with Crippen molar-refractivity contribution in [1.82, 2.24) is 20.3 Å². The Hall–Kier alpha value is -1.88. The van der Waals surface area contributed by atoms with Gasteiger partial charge in [-0.05, 0) is 25.0 Å². The van der Waals surface area contributed by atoms with Crippen molar-refractivity contribution in [2.45, 2.75) is 25.3 Å². The quantitative estimate of drug-likeness (QED) is 0.867. The summed E-state index contributed by atoms with van der Waals surface area (Å²) in [4.78, 5) is 13.7. The lowest BCUT2D eigenvalue weighted by atomic mass is 10.0. The van der Waals surface area contributed by atoms with E-state index in [1.54, 1.807) is 6.33 Å². The molecule has 0 aliphatic carbocycles. The van der Waals surface area contributed by atoms with Crippen molar-refractivity contribution in [3.05, 3.63) is 42.7 Å². The van der Waals surface area contributed by atoms with Gasteiger partial charge < -0.3 is 15.2 Å². The lowest BCUT2D eigenvalue weighted by Crippen LogP contribution is -2.43. The molecular weight excluding hydrogens is 250 g/mol. The highest BCUT2D eigenvalue weighted by molar-refractivity contribution is 5.44. The van der Waals surface area contributed by atoms with Crippen LogP contribution < -0.4 is 10.2 Å². The predicted octanol–water partition coefficient (Wildman–Crippen LogP) is 1.61. The van der Waals surface area contributed by atoms with Gasteiger partial charge in [-0.25, -0.2) is 4.98 Å². The summed E-state index contributed by atoms with van der Waals surface area (Å²) in [7, 11) is 0. The van der Waals surface area contributed by atoms with Crippen molar-refractivity contribution in [3.63, 3.8) is 0 Å². The molecule has 2 N–H and O–H groups in total. The molecule has 1 saturated heterocycles. The summed E-state index contributed by atoms with van der Waals surface area (Å²) < 4.78 is 0. The van der Waals surface area contributed by atoms with Crippen LogP contribution >= 0.6 is 0 Å². The number of H-pyrrole nitrogens is 1. The fourth-order valence-electron chi connectivity index (χ4n) is 2.73. The third kappa shape index (κ3) is 3.36. The SMILES string of the molecule is c1cc(N2CCC(NCCc3cnc[nH]3)CC2)ccn1. The van der Waals surface area contributed by atoms with E-state index in [1.807, 2.05) is 18.6 Å². The molecule has 2 aromatic rings. The van der Waals surface area contributed by atoms with E-state index in [9.17, 15) is 0 Å². The van der Waals surface area contributed by atoms with Gasteiger partial charge >= 0.3 is 0 Å². The average molecular weight is 271 g/mol. The topological polar surface area (TPSA) is 56.8 Å². The van der Waals surface area contributed by atoms with E-state index in [0.29, 0.717) is 6.04 Å². The molecule has 0 radical (unpaired) electrons. The maximum Gasteiger partial charge on any atom is 0.0921 e. The van der Waals surface area contributed by atoms with Crippen LogP contribution in [0.1, 0.15) is 18.5 Å². The minimum absolute atomic E-state index is 0.635. The fraction of sp³-hybridized carbons (Fsp3) is 0.467. The Kier molecular flexibility index (Phi) is 4.28. The van der Waals surface area contributed by atoms with Gasteiger partial charge in [0.2, 0.25) is 0 Å². The van der Waals surface area contributed by atoms with Crippen LogP contribution in [0.5, 0.6) is 0 Å². The van der Waals surface area contributed by atoms with Crippen molar-refractivity contribution in [2.24, 2.45) is 0 Å². The molecule has 3 heterocycles. The van der Waals surface area contributed by atoms with E-state index in [1.165, 1.54) is 24.2 Å². The Bertz CT molecular complexity index is 488. The van der Waals surface area contributed by atoms with Crippen LogP contribution in [0.2, 0.25) is 0 Å². The molecule has 1 aliphatic rings. The first-order valence-electron chi connectivity index (χ1n) is 7.27. The third-order valence-corrected chi connectivity index (χ3v) is 3.91. The van der Waals surface area contributed by atoms with Gasteiger partial charge in [0.15, 0.2) is 0 Å². The van der Waals surface area contributed by atoms with Gasteiger partial charge in [0.05, 0.1) is 6.33 Å². The number of hydrogen-bond acceptors (Lipinski definition) is 4. The number of aromatic amines is 1. The van der Waals surface area contributed by atoms with Crippen LogP contribution in [0.3, 0.4) is 0 Å². The van der Waals surface area contributed by atoms with Crippen molar-refractivity contribution in [1.29, 1.82) is 0 Å². The molecule has 0 unspecified atom stereocenters. The molecule has 1 aliphatic heterocycles. The van der Waals surface area contributed by atoms with Gasteiger partial charge in [-0.1, -0.05) is 0 Å². The van der Waals surface area contributed by atoms with Gasteiger partial charge in [-0.2, -0.15) is 0 Å². The molecule has 5 heteroatoms. The van der Waals surface area contributed by atoms with Gasteiger partial charge in [-0.3, -0.25) is 4.98 Å². The lowest BCUT2D eigenvalue weighted by molar-refractivity contribution is 0.417. The number of rotatable bonds is 5. The maximum absolute atomic E-state index is 4.07. The van der Waals surface area contributed by atoms with E-state index in [-0.39, 0.29) is 0 Å². The highest BCUT2D eigenvalue weighted by Gasteiger charge is 2.18. The molecule has 0 atom stereocenters. The van der Waals surface area contributed by atoms with Crippen LogP contribution in [0.4, 0.5) is 5.69 Å². The second-order valence-corrected chi connectivity index (χ2v) is 5.25. The van der Waals surface area contributed by atoms with Crippen LogP contribution in [0.25, 0.3) is 0 Å². The lowest BCUT2D eigenvalue weighted by Gasteiger charge is -2.34.